The van der Waals surface area contributed by atoms with Gasteiger partial charge in [-0.1, -0.05) is 17.7 Å². The lowest BCUT2D eigenvalue weighted by Gasteiger charge is -2.30. The van der Waals surface area contributed by atoms with Gasteiger partial charge in [-0.2, -0.15) is 0 Å². The minimum atomic E-state index is 0.307. The maximum absolute atomic E-state index is 12.5. The van der Waals surface area contributed by atoms with Gasteiger partial charge in [-0.15, -0.1) is 0 Å². The van der Waals surface area contributed by atoms with E-state index in [2.05, 4.69) is 30.4 Å². The number of carbonyl (C=O) groups is 1. The van der Waals surface area contributed by atoms with Gasteiger partial charge in [0.1, 0.15) is 0 Å². The highest BCUT2D eigenvalue weighted by atomic mass is 16.2. The van der Waals surface area contributed by atoms with Gasteiger partial charge in [0.25, 0.3) is 0 Å². The van der Waals surface area contributed by atoms with Crippen molar-refractivity contribution < 1.29 is 4.79 Å². The molecule has 1 unspecified atom stereocenters. The average molecular weight is 272 g/mol. The van der Waals surface area contributed by atoms with Crippen molar-refractivity contribution in [2.45, 2.75) is 39.0 Å². The number of nitrogens with one attached hydrogen (secondary N) is 1. The number of nitrogens with zero attached hydrogens (tertiary/aromatic N) is 1. The summed E-state index contributed by atoms with van der Waals surface area (Å²) in [6, 6.07) is 6.47. The van der Waals surface area contributed by atoms with Crippen molar-refractivity contribution in [3.05, 3.63) is 29.3 Å². The zero-order valence-electron chi connectivity index (χ0n) is 12.3. The van der Waals surface area contributed by atoms with Crippen LogP contribution in [-0.2, 0) is 11.2 Å². The topological polar surface area (TPSA) is 32.3 Å². The number of anilines is 1. The standard InChI is InChI=1S/C17H24N2O/c1-13-4-6-16-15(11-13)3-2-10-19(16)17(20)7-5-14-8-9-18-12-14/h4,6,11,14,18H,2-3,5,7-10,12H2,1H3. The van der Waals surface area contributed by atoms with E-state index in [0.717, 1.165) is 44.6 Å². The Bertz CT molecular complexity index is 492. The monoisotopic (exact) mass is 272 g/mol. The number of hydrogen-bond acceptors (Lipinski definition) is 2. The molecule has 1 atom stereocenters. The van der Waals surface area contributed by atoms with Crippen LogP contribution in [0.1, 0.15) is 36.8 Å². The molecule has 2 aliphatic rings. The van der Waals surface area contributed by atoms with E-state index < -0.39 is 0 Å². The predicted octanol–water partition coefficient (Wildman–Crippen LogP) is 2.66. The molecule has 108 valence electrons. The van der Waals surface area contributed by atoms with Gasteiger partial charge >= 0.3 is 0 Å². The van der Waals surface area contributed by atoms with Crippen LogP contribution < -0.4 is 10.2 Å². The second-order valence-corrected chi connectivity index (χ2v) is 6.18. The van der Waals surface area contributed by atoms with E-state index in [0.29, 0.717) is 18.2 Å². The lowest BCUT2D eigenvalue weighted by Crippen LogP contribution is -2.35. The molecule has 0 bridgehead atoms. The molecule has 0 aliphatic carbocycles. The summed E-state index contributed by atoms with van der Waals surface area (Å²) < 4.78 is 0. The van der Waals surface area contributed by atoms with Crippen molar-refractivity contribution >= 4 is 11.6 Å². The molecule has 1 fully saturated rings. The molecule has 0 saturated carbocycles. The number of carbonyl (C=O) groups excluding carboxylic acids is 1. The van der Waals surface area contributed by atoms with Gasteiger partial charge in [0, 0.05) is 18.7 Å². The summed E-state index contributed by atoms with van der Waals surface area (Å²) in [5.41, 5.74) is 3.78. The Kier molecular flexibility index (Phi) is 4.06. The van der Waals surface area contributed by atoms with Crippen molar-refractivity contribution in [2.24, 2.45) is 5.92 Å². The number of rotatable bonds is 3. The molecular weight excluding hydrogens is 248 g/mol. The third-order valence-corrected chi connectivity index (χ3v) is 4.58. The first kappa shape index (κ1) is 13.6. The van der Waals surface area contributed by atoms with Crippen molar-refractivity contribution in [1.82, 2.24) is 5.32 Å². The summed E-state index contributed by atoms with van der Waals surface area (Å²) in [4.78, 5) is 14.5. The van der Waals surface area contributed by atoms with Crippen LogP contribution in [0.15, 0.2) is 18.2 Å². The Labute approximate surface area is 121 Å². The molecule has 20 heavy (non-hydrogen) atoms. The first-order valence-corrected chi connectivity index (χ1v) is 7.84. The Morgan fingerprint density at radius 3 is 3.15 bits per heavy atom. The molecule has 1 saturated heterocycles. The van der Waals surface area contributed by atoms with Crippen molar-refractivity contribution in [3.63, 3.8) is 0 Å². The van der Waals surface area contributed by atoms with E-state index >= 15 is 0 Å². The highest BCUT2D eigenvalue weighted by Gasteiger charge is 2.23. The first-order valence-electron chi connectivity index (χ1n) is 7.84. The summed E-state index contributed by atoms with van der Waals surface area (Å²) in [5, 5.41) is 3.37. The summed E-state index contributed by atoms with van der Waals surface area (Å²) in [7, 11) is 0. The third-order valence-electron chi connectivity index (χ3n) is 4.58. The lowest BCUT2D eigenvalue weighted by atomic mass is 9.98. The van der Waals surface area contributed by atoms with Gasteiger partial charge in [-0.05, 0) is 63.2 Å². The molecule has 2 aliphatic heterocycles. The third kappa shape index (κ3) is 2.88. The quantitative estimate of drug-likeness (QED) is 0.917. The summed E-state index contributed by atoms with van der Waals surface area (Å²) >= 11 is 0. The molecule has 1 aromatic rings. The second kappa shape index (κ2) is 5.96. The SMILES string of the molecule is Cc1ccc2c(c1)CCCN2C(=O)CCC1CCNC1. The van der Waals surface area contributed by atoms with Crippen LogP contribution in [0.5, 0.6) is 0 Å². The predicted molar refractivity (Wildman–Crippen MR) is 82.1 cm³/mol. The largest absolute Gasteiger partial charge is 0.316 e. The van der Waals surface area contributed by atoms with Crippen LogP contribution in [0.4, 0.5) is 5.69 Å². The fourth-order valence-electron chi connectivity index (χ4n) is 3.41. The normalized spacial score (nSPS) is 21.9. The van der Waals surface area contributed by atoms with Gasteiger partial charge in [0.15, 0.2) is 0 Å². The number of fused-ring (bicyclic) bond motifs is 1. The van der Waals surface area contributed by atoms with Crippen molar-refractivity contribution in [3.8, 4) is 0 Å². The zero-order valence-corrected chi connectivity index (χ0v) is 12.3. The van der Waals surface area contributed by atoms with Gasteiger partial charge in [-0.25, -0.2) is 0 Å². The van der Waals surface area contributed by atoms with E-state index in [1.165, 1.54) is 17.5 Å². The first-order chi connectivity index (χ1) is 9.74. The van der Waals surface area contributed by atoms with E-state index in [-0.39, 0.29) is 0 Å². The fraction of sp³-hybridized carbons (Fsp3) is 0.588. The molecule has 1 amide bonds. The van der Waals surface area contributed by atoms with Gasteiger partial charge in [0.2, 0.25) is 5.91 Å². The van der Waals surface area contributed by atoms with Crippen LogP contribution in [-0.4, -0.2) is 25.5 Å². The molecule has 3 rings (SSSR count). The summed E-state index contributed by atoms with van der Waals surface area (Å²) in [6.45, 7) is 5.21. The average Bonchev–Trinajstić information content (AvgIpc) is 2.97. The lowest BCUT2D eigenvalue weighted by molar-refractivity contribution is -0.119. The molecular formula is C17H24N2O. The van der Waals surface area contributed by atoms with E-state index in [9.17, 15) is 4.79 Å². The molecule has 2 heterocycles. The summed E-state index contributed by atoms with van der Waals surface area (Å²) in [6.07, 6.45) is 5.15. The number of aryl methyl sites for hydroxylation is 2. The Balaban J connectivity index is 1.66. The number of hydrogen-bond donors (Lipinski definition) is 1. The molecule has 3 nitrogen and oxygen atoms in total. The second-order valence-electron chi connectivity index (χ2n) is 6.18. The van der Waals surface area contributed by atoms with Crippen LogP contribution in [0.25, 0.3) is 0 Å². The molecule has 0 radical (unpaired) electrons. The maximum Gasteiger partial charge on any atom is 0.226 e. The number of amides is 1. The highest BCUT2D eigenvalue weighted by Crippen LogP contribution is 2.29. The summed E-state index contributed by atoms with van der Waals surface area (Å²) in [5.74, 6) is 1.00. The van der Waals surface area contributed by atoms with E-state index in [1.54, 1.807) is 0 Å². The maximum atomic E-state index is 12.5. The molecule has 0 aromatic heterocycles. The van der Waals surface area contributed by atoms with Crippen molar-refractivity contribution in [2.75, 3.05) is 24.5 Å². The van der Waals surface area contributed by atoms with Crippen molar-refractivity contribution in [1.29, 1.82) is 0 Å². The van der Waals surface area contributed by atoms with E-state index in [4.69, 9.17) is 0 Å². The van der Waals surface area contributed by atoms with Crippen LogP contribution >= 0.6 is 0 Å². The van der Waals surface area contributed by atoms with Gasteiger partial charge in [0.05, 0.1) is 0 Å². The van der Waals surface area contributed by atoms with Gasteiger partial charge < -0.3 is 10.2 Å². The Morgan fingerprint density at radius 1 is 1.45 bits per heavy atom. The molecule has 1 N–H and O–H groups in total. The zero-order chi connectivity index (χ0) is 13.9. The number of benzene rings is 1. The van der Waals surface area contributed by atoms with Crippen LogP contribution in [0.2, 0.25) is 0 Å². The highest BCUT2D eigenvalue weighted by molar-refractivity contribution is 5.94. The Hall–Kier alpha value is -1.35. The smallest absolute Gasteiger partial charge is 0.226 e. The van der Waals surface area contributed by atoms with Crippen LogP contribution in [0.3, 0.4) is 0 Å². The van der Waals surface area contributed by atoms with Crippen LogP contribution in [0, 0.1) is 12.8 Å². The Morgan fingerprint density at radius 2 is 2.35 bits per heavy atom. The van der Waals surface area contributed by atoms with E-state index in [1.807, 2.05) is 4.90 Å². The minimum Gasteiger partial charge on any atom is -0.316 e. The minimum absolute atomic E-state index is 0.307. The fourth-order valence-corrected chi connectivity index (χ4v) is 3.41. The molecule has 3 heteroatoms. The van der Waals surface area contributed by atoms with Gasteiger partial charge in [-0.3, -0.25) is 4.79 Å². The molecule has 1 aromatic carbocycles. The molecule has 0 spiro atoms.